The minimum absolute atomic E-state index is 0.209. The first-order chi connectivity index (χ1) is 14.8. The molecular weight excluding hydrogens is 370 g/mol. The van der Waals surface area contributed by atoms with E-state index in [9.17, 15) is 5.11 Å². The zero-order chi connectivity index (χ0) is 20.3. The minimum atomic E-state index is 0.209. The van der Waals surface area contributed by atoms with Crippen LogP contribution in [-0.4, -0.2) is 28.2 Å². The summed E-state index contributed by atoms with van der Waals surface area (Å²) in [5.74, 6) is 2.46. The van der Waals surface area contributed by atoms with E-state index in [2.05, 4.69) is 41.3 Å². The second kappa shape index (κ2) is 8.15. The van der Waals surface area contributed by atoms with Crippen molar-refractivity contribution < 1.29 is 5.11 Å². The van der Waals surface area contributed by atoms with Gasteiger partial charge in [0.25, 0.3) is 0 Å². The fourth-order valence-corrected chi connectivity index (χ4v) is 4.38. The van der Waals surface area contributed by atoms with Gasteiger partial charge in [-0.15, -0.1) is 0 Å². The molecule has 4 heteroatoms. The molecule has 0 bridgehead atoms. The average Bonchev–Trinajstić information content (AvgIpc) is 2.80. The summed E-state index contributed by atoms with van der Waals surface area (Å²) in [6, 6.07) is 26.2. The number of nitrogens with zero attached hydrogens (tertiary/aromatic N) is 3. The van der Waals surface area contributed by atoms with Crippen LogP contribution in [0.25, 0.3) is 22.3 Å². The van der Waals surface area contributed by atoms with Gasteiger partial charge in [-0.2, -0.15) is 0 Å². The van der Waals surface area contributed by atoms with Gasteiger partial charge in [0, 0.05) is 18.5 Å². The summed E-state index contributed by atoms with van der Waals surface area (Å²) in [4.78, 5) is 12.0. The molecule has 0 spiro atoms. The summed E-state index contributed by atoms with van der Waals surface area (Å²) < 4.78 is 0. The van der Waals surface area contributed by atoms with E-state index in [1.807, 2.05) is 36.4 Å². The van der Waals surface area contributed by atoms with Crippen molar-refractivity contribution in [2.45, 2.75) is 19.3 Å². The van der Waals surface area contributed by atoms with Crippen molar-refractivity contribution >= 4 is 16.7 Å². The Labute approximate surface area is 176 Å². The molecule has 1 aliphatic heterocycles. The maximum absolute atomic E-state index is 10.3. The van der Waals surface area contributed by atoms with E-state index in [1.54, 1.807) is 6.07 Å². The Bertz CT molecular complexity index is 1150. The summed E-state index contributed by atoms with van der Waals surface area (Å²) in [6.45, 7) is 1.97. The van der Waals surface area contributed by atoms with Gasteiger partial charge in [-0.1, -0.05) is 54.6 Å². The van der Waals surface area contributed by atoms with Gasteiger partial charge >= 0.3 is 0 Å². The molecule has 0 aliphatic carbocycles. The topological polar surface area (TPSA) is 49.3 Å². The first kappa shape index (κ1) is 18.6. The Morgan fingerprint density at radius 1 is 0.800 bits per heavy atom. The van der Waals surface area contributed by atoms with Crippen molar-refractivity contribution in [1.82, 2.24) is 9.97 Å². The summed E-state index contributed by atoms with van der Waals surface area (Å²) in [5.41, 5.74) is 3.00. The van der Waals surface area contributed by atoms with E-state index in [-0.39, 0.29) is 5.75 Å². The van der Waals surface area contributed by atoms with E-state index in [0.29, 0.717) is 17.3 Å². The predicted molar refractivity (Wildman–Crippen MR) is 122 cm³/mol. The number of fused-ring (bicyclic) bond motifs is 1. The van der Waals surface area contributed by atoms with Crippen LogP contribution in [0, 0.1) is 5.92 Å². The average molecular weight is 396 g/mol. The van der Waals surface area contributed by atoms with Gasteiger partial charge in [-0.3, -0.25) is 0 Å². The molecule has 1 saturated heterocycles. The van der Waals surface area contributed by atoms with Crippen molar-refractivity contribution in [2.75, 3.05) is 18.0 Å². The number of benzene rings is 3. The molecular formula is C26H25N3O. The number of aromatic nitrogens is 2. The highest BCUT2D eigenvalue weighted by atomic mass is 16.3. The van der Waals surface area contributed by atoms with Crippen LogP contribution in [0.2, 0.25) is 0 Å². The SMILES string of the molecule is Oc1ccccc1-c1nc(N2CCC(Cc3ccccc3)CC2)c2ccccc2n1. The molecule has 1 aromatic heterocycles. The molecule has 150 valence electrons. The van der Waals surface area contributed by atoms with Crippen LogP contribution in [0.3, 0.4) is 0 Å². The number of hydrogen-bond donors (Lipinski definition) is 1. The predicted octanol–water partition coefficient (Wildman–Crippen LogP) is 5.46. The van der Waals surface area contributed by atoms with Gasteiger partial charge in [-0.05, 0) is 55.0 Å². The van der Waals surface area contributed by atoms with E-state index in [4.69, 9.17) is 9.97 Å². The number of anilines is 1. The molecule has 4 nitrogen and oxygen atoms in total. The van der Waals surface area contributed by atoms with Crippen molar-refractivity contribution in [3.05, 3.63) is 84.4 Å². The second-order valence-corrected chi connectivity index (χ2v) is 8.03. The molecule has 4 aromatic rings. The largest absolute Gasteiger partial charge is 0.507 e. The smallest absolute Gasteiger partial charge is 0.165 e. The Morgan fingerprint density at radius 2 is 1.50 bits per heavy atom. The highest BCUT2D eigenvalue weighted by Gasteiger charge is 2.23. The molecule has 1 aliphatic rings. The van der Waals surface area contributed by atoms with Gasteiger partial charge in [0.05, 0.1) is 11.1 Å². The Morgan fingerprint density at radius 3 is 2.30 bits per heavy atom. The first-order valence-electron chi connectivity index (χ1n) is 10.6. The third-order valence-corrected chi connectivity index (χ3v) is 6.01. The monoisotopic (exact) mass is 395 g/mol. The molecule has 1 fully saturated rings. The maximum atomic E-state index is 10.3. The van der Waals surface area contributed by atoms with Crippen molar-refractivity contribution in [3.63, 3.8) is 0 Å². The number of piperidine rings is 1. The van der Waals surface area contributed by atoms with Crippen molar-refractivity contribution in [3.8, 4) is 17.1 Å². The third kappa shape index (κ3) is 3.73. The van der Waals surface area contributed by atoms with Crippen LogP contribution in [0.5, 0.6) is 5.75 Å². The summed E-state index contributed by atoms with van der Waals surface area (Å²) in [5, 5.41) is 11.4. The molecule has 3 aromatic carbocycles. The second-order valence-electron chi connectivity index (χ2n) is 8.03. The van der Waals surface area contributed by atoms with Gasteiger partial charge in [0.15, 0.2) is 5.82 Å². The zero-order valence-electron chi connectivity index (χ0n) is 16.9. The minimum Gasteiger partial charge on any atom is -0.507 e. The number of para-hydroxylation sites is 2. The molecule has 0 saturated carbocycles. The Hall–Kier alpha value is -3.40. The lowest BCUT2D eigenvalue weighted by Gasteiger charge is -2.33. The fourth-order valence-electron chi connectivity index (χ4n) is 4.38. The number of phenolic OH excluding ortho intramolecular Hbond substituents is 1. The number of hydrogen-bond acceptors (Lipinski definition) is 4. The van der Waals surface area contributed by atoms with Crippen LogP contribution >= 0.6 is 0 Å². The van der Waals surface area contributed by atoms with E-state index < -0.39 is 0 Å². The summed E-state index contributed by atoms with van der Waals surface area (Å²) in [6.07, 6.45) is 3.45. The third-order valence-electron chi connectivity index (χ3n) is 6.01. The van der Waals surface area contributed by atoms with Crippen LogP contribution in [0.4, 0.5) is 5.82 Å². The number of rotatable bonds is 4. The van der Waals surface area contributed by atoms with Gasteiger partial charge < -0.3 is 10.0 Å². The number of phenols is 1. The van der Waals surface area contributed by atoms with E-state index in [1.165, 1.54) is 5.56 Å². The lowest BCUT2D eigenvalue weighted by molar-refractivity contribution is 0.403. The lowest BCUT2D eigenvalue weighted by atomic mass is 9.90. The molecule has 30 heavy (non-hydrogen) atoms. The lowest BCUT2D eigenvalue weighted by Crippen LogP contribution is -2.35. The molecule has 0 atom stereocenters. The molecule has 2 heterocycles. The quantitative estimate of drug-likeness (QED) is 0.498. The van der Waals surface area contributed by atoms with Gasteiger partial charge in [0.2, 0.25) is 0 Å². The highest BCUT2D eigenvalue weighted by Crippen LogP contribution is 2.33. The highest BCUT2D eigenvalue weighted by molar-refractivity contribution is 5.91. The van der Waals surface area contributed by atoms with Crippen molar-refractivity contribution in [1.29, 1.82) is 0 Å². The Balaban J connectivity index is 1.43. The van der Waals surface area contributed by atoms with Gasteiger partial charge in [0.1, 0.15) is 11.6 Å². The normalized spacial score (nSPS) is 14.9. The molecule has 5 rings (SSSR count). The van der Waals surface area contributed by atoms with E-state index in [0.717, 1.165) is 49.1 Å². The van der Waals surface area contributed by atoms with E-state index >= 15 is 0 Å². The van der Waals surface area contributed by atoms with Crippen LogP contribution < -0.4 is 4.90 Å². The molecule has 0 amide bonds. The van der Waals surface area contributed by atoms with Gasteiger partial charge in [-0.25, -0.2) is 9.97 Å². The number of aromatic hydroxyl groups is 1. The summed E-state index contributed by atoms with van der Waals surface area (Å²) in [7, 11) is 0. The molecule has 0 unspecified atom stereocenters. The molecule has 1 N–H and O–H groups in total. The fraction of sp³-hybridized carbons (Fsp3) is 0.231. The van der Waals surface area contributed by atoms with Crippen LogP contribution in [-0.2, 0) is 6.42 Å². The van der Waals surface area contributed by atoms with Crippen LogP contribution in [0.1, 0.15) is 18.4 Å². The zero-order valence-corrected chi connectivity index (χ0v) is 16.9. The first-order valence-corrected chi connectivity index (χ1v) is 10.6. The van der Waals surface area contributed by atoms with Crippen LogP contribution in [0.15, 0.2) is 78.9 Å². The Kier molecular flexibility index (Phi) is 5.06. The van der Waals surface area contributed by atoms with Crippen molar-refractivity contribution in [2.24, 2.45) is 5.92 Å². The standard InChI is InChI=1S/C26H25N3O/c30-24-13-7-5-11-22(24)25-27-23-12-6-4-10-21(23)26(28-25)29-16-14-20(15-17-29)18-19-8-2-1-3-9-19/h1-13,20,30H,14-18H2. The maximum Gasteiger partial charge on any atom is 0.165 e. The summed E-state index contributed by atoms with van der Waals surface area (Å²) >= 11 is 0. The molecule has 0 radical (unpaired) electrons.